The van der Waals surface area contributed by atoms with Gasteiger partial charge in [-0.2, -0.15) is 0 Å². The number of benzene rings is 5. The standard InChI is InChI=1S/C51H47BN2S4/c1-28-14-18-34-42(22-28)57-47-45(34)53(38-26-55-40-23-29(49(2,3)4)15-19-32(38)40)36-12-11-13-37-44(36)52(47)48-46(35-21-17-31(51(8,9)10)25-43(35)58-48)54(37)39-27-56-41-24-30(50(5,6)7)16-20-33(39)41/h11-27H,1-10H3. The fraction of sp³-hybridized carbons (Fsp3) is 0.255. The van der Waals surface area contributed by atoms with Crippen LogP contribution in [0.5, 0.6) is 0 Å². The summed E-state index contributed by atoms with van der Waals surface area (Å²) in [6.45, 7) is 23.2. The zero-order chi connectivity index (χ0) is 40.2. The molecule has 2 aliphatic rings. The zero-order valence-corrected chi connectivity index (χ0v) is 38.2. The quantitative estimate of drug-likeness (QED) is 0.160. The number of hydrogen-bond acceptors (Lipinski definition) is 6. The van der Waals surface area contributed by atoms with E-state index in [1.807, 2.05) is 45.3 Å². The van der Waals surface area contributed by atoms with Gasteiger partial charge in [-0.1, -0.05) is 117 Å². The van der Waals surface area contributed by atoms with Gasteiger partial charge in [0.1, 0.15) is 0 Å². The van der Waals surface area contributed by atoms with E-state index in [0.717, 1.165) is 0 Å². The number of anilines is 6. The first-order valence-electron chi connectivity index (χ1n) is 20.4. The highest BCUT2D eigenvalue weighted by molar-refractivity contribution is 7.40. The maximum atomic E-state index is 2.65. The molecule has 0 amide bonds. The molecule has 9 aromatic rings. The highest BCUT2D eigenvalue weighted by Crippen LogP contribution is 2.53. The predicted octanol–water partition coefficient (Wildman–Crippen LogP) is 14.8. The van der Waals surface area contributed by atoms with Crippen molar-refractivity contribution in [2.24, 2.45) is 0 Å². The Kier molecular flexibility index (Phi) is 7.79. The summed E-state index contributed by atoms with van der Waals surface area (Å²) in [7, 11) is 0. The second-order valence-electron chi connectivity index (χ2n) is 19.6. The summed E-state index contributed by atoms with van der Waals surface area (Å²) >= 11 is 7.77. The van der Waals surface area contributed by atoms with E-state index in [1.54, 1.807) is 0 Å². The van der Waals surface area contributed by atoms with Crippen molar-refractivity contribution in [3.63, 3.8) is 0 Å². The van der Waals surface area contributed by atoms with Crippen molar-refractivity contribution in [1.82, 2.24) is 0 Å². The average Bonchev–Trinajstić information content (AvgIpc) is 3.96. The first kappa shape index (κ1) is 36.7. The van der Waals surface area contributed by atoms with Crippen molar-refractivity contribution >= 4 is 142 Å². The van der Waals surface area contributed by atoms with Crippen LogP contribution >= 0.6 is 45.3 Å². The highest BCUT2D eigenvalue weighted by atomic mass is 32.1. The SMILES string of the molecule is Cc1ccc2c3c(sc2c1)B1c2sc4cc(C(C)(C)C)ccc4c2N(c2csc4cc(C(C)(C)C)ccc24)c2cccc(c21)N3c1csc2cc(C(C)(C)C)ccc12. The van der Waals surface area contributed by atoms with E-state index >= 15 is 0 Å². The van der Waals surface area contributed by atoms with Crippen LogP contribution in [0.4, 0.5) is 34.1 Å². The highest BCUT2D eigenvalue weighted by Gasteiger charge is 2.47. The molecule has 0 fully saturated rings. The molecular weight excluding hydrogens is 780 g/mol. The molecule has 7 heteroatoms. The van der Waals surface area contributed by atoms with Gasteiger partial charge in [0, 0.05) is 72.0 Å². The molecule has 5 aromatic carbocycles. The van der Waals surface area contributed by atoms with E-state index in [-0.39, 0.29) is 23.0 Å². The number of thiophene rings is 4. The summed E-state index contributed by atoms with van der Waals surface area (Å²) in [6.07, 6.45) is 0. The molecule has 0 spiro atoms. The van der Waals surface area contributed by atoms with Gasteiger partial charge in [0.15, 0.2) is 0 Å². The van der Waals surface area contributed by atoms with E-state index in [1.165, 1.54) is 112 Å². The number of aryl methyl sites for hydroxylation is 1. The molecular formula is C51H47BN2S4. The summed E-state index contributed by atoms with van der Waals surface area (Å²) in [5.41, 5.74) is 14.9. The molecule has 0 N–H and O–H groups in total. The first-order valence-corrected chi connectivity index (χ1v) is 23.8. The van der Waals surface area contributed by atoms with E-state index < -0.39 is 0 Å². The lowest BCUT2D eigenvalue weighted by Gasteiger charge is -2.41. The van der Waals surface area contributed by atoms with Gasteiger partial charge in [-0.25, -0.2) is 0 Å². The lowest BCUT2D eigenvalue weighted by atomic mass is 9.39. The summed E-state index contributed by atoms with van der Waals surface area (Å²) in [4.78, 5) is 5.29. The Hall–Kier alpha value is -4.40. The fourth-order valence-electron chi connectivity index (χ4n) is 9.29. The molecule has 0 radical (unpaired) electrons. The average molecular weight is 827 g/mol. The molecule has 11 rings (SSSR count). The van der Waals surface area contributed by atoms with Gasteiger partial charge in [0.05, 0.1) is 22.7 Å². The van der Waals surface area contributed by atoms with Gasteiger partial charge in [-0.3, -0.25) is 0 Å². The Bertz CT molecular complexity index is 3170. The maximum Gasteiger partial charge on any atom is 0.277 e. The predicted molar refractivity (Wildman–Crippen MR) is 263 cm³/mol. The van der Waals surface area contributed by atoms with Crippen molar-refractivity contribution < 1.29 is 0 Å². The van der Waals surface area contributed by atoms with Crippen molar-refractivity contribution in [1.29, 1.82) is 0 Å². The number of fused-ring (bicyclic) bond motifs is 10. The van der Waals surface area contributed by atoms with Gasteiger partial charge >= 0.3 is 0 Å². The summed E-state index contributed by atoms with van der Waals surface area (Å²) in [5.74, 6) is 0. The summed E-state index contributed by atoms with van der Waals surface area (Å²) < 4.78 is 8.30. The van der Waals surface area contributed by atoms with E-state index in [9.17, 15) is 0 Å². The minimum atomic E-state index is 0.0572. The monoisotopic (exact) mass is 826 g/mol. The molecule has 58 heavy (non-hydrogen) atoms. The number of nitrogens with zero attached hydrogens (tertiary/aromatic N) is 2. The van der Waals surface area contributed by atoms with Crippen LogP contribution in [-0.2, 0) is 16.2 Å². The van der Waals surface area contributed by atoms with Crippen LogP contribution in [-0.4, -0.2) is 6.71 Å². The molecule has 0 unspecified atom stereocenters. The Morgan fingerprint density at radius 3 is 1.33 bits per heavy atom. The molecule has 2 aliphatic heterocycles. The van der Waals surface area contributed by atoms with Gasteiger partial charge in [0.2, 0.25) is 0 Å². The molecule has 0 saturated heterocycles. The second kappa shape index (κ2) is 12.3. The third-order valence-electron chi connectivity index (χ3n) is 12.5. The summed E-state index contributed by atoms with van der Waals surface area (Å²) in [5, 5.41) is 10.1. The second-order valence-corrected chi connectivity index (χ2v) is 23.6. The lowest BCUT2D eigenvalue weighted by molar-refractivity contribution is 0.591. The normalized spacial score (nSPS) is 14.3. The molecule has 288 valence electrons. The zero-order valence-electron chi connectivity index (χ0n) is 34.9. The first-order chi connectivity index (χ1) is 27.6. The maximum absolute atomic E-state index is 2.65. The fourth-order valence-corrected chi connectivity index (χ4v) is 14.1. The van der Waals surface area contributed by atoms with Gasteiger partial charge in [-0.15, -0.1) is 45.3 Å². The van der Waals surface area contributed by atoms with Crippen molar-refractivity contribution in [3.8, 4) is 0 Å². The van der Waals surface area contributed by atoms with Crippen LogP contribution in [0, 0.1) is 6.92 Å². The lowest BCUT2D eigenvalue weighted by Crippen LogP contribution is -2.59. The molecule has 6 heterocycles. The number of hydrogen-bond donors (Lipinski definition) is 0. The third-order valence-corrected chi connectivity index (χ3v) is 16.8. The van der Waals surface area contributed by atoms with E-state index in [4.69, 9.17) is 0 Å². The molecule has 0 aliphatic carbocycles. The van der Waals surface area contributed by atoms with Gasteiger partial charge < -0.3 is 9.80 Å². The van der Waals surface area contributed by atoms with E-state index in [2.05, 4.69) is 181 Å². The van der Waals surface area contributed by atoms with E-state index in [0.29, 0.717) is 0 Å². The minimum Gasteiger partial charge on any atom is -0.309 e. The Morgan fingerprint density at radius 2 is 0.862 bits per heavy atom. The minimum absolute atomic E-state index is 0.0572. The Labute approximate surface area is 358 Å². The topological polar surface area (TPSA) is 6.48 Å². The van der Waals surface area contributed by atoms with Crippen LogP contribution in [0.25, 0.3) is 40.3 Å². The van der Waals surface area contributed by atoms with Crippen molar-refractivity contribution in [2.45, 2.75) is 85.5 Å². The molecule has 0 atom stereocenters. The summed E-state index contributed by atoms with van der Waals surface area (Å²) in [6, 6.07) is 35.8. The largest absolute Gasteiger partial charge is 0.309 e. The van der Waals surface area contributed by atoms with Crippen molar-refractivity contribution in [3.05, 3.63) is 124 Å². The number of rotatable bonds is 2. The molecule has 0 bridgehead atoms. The third kappa shape index (κ3) is 5.32. The Morgan fingerprint density at radius 1 is 0.448 bits per heavy atom. The van der Waals surface area contributed by atoms with Crippen LogP contribution in [0.3, 0.4) is 0 Å². The van der Waals surface area contributed by atoms with Crippen LogP contribution in [0.2, 0.25) is 0 Å². The van der Waals surface area contributed by atoms with Gasteiger partial charge in [-0.05, 0) is 87.3 Å². The van der Waals surface area contributed by atoms with Gasteiger partial charge in [0.25, 0.3) is 6.71 Å². The van der Waals surface area contributed by atoms with Crippen LogP contribution < -0.4 is 24.8 Å². The Balaban J connectivity index is 1.23. The molecule has 2 nitrogen and oxygen atoms in total. The van der Waals surface area contributed by atoms with Crippen LogP contribution in [0.1, 0.15) is 84.6 Å². The molecule has 0 saturated carbocycles. The van der Waals surface area contributed by atoms with Crippen molar-refractivity contribution in [2.75, 3.05) is 9.80 Å². The molecule has 4 aromatic heterocycles. The van der Waals surface area contributed by atoms with Crippen LogP contribution in [0.15, 0.2) is 102 Å². The smallest absolute Gasteiger partial charge is 0.277 e.